The van der Waals surface area contributed by atoms with Crippen molar-refractivity contribution in [3.8, 4) is 5.75 Å². The van der Waals surface area contributed by atoms with Gasteiger partial charge in [-0.05, 0) is 43.5 Å². The van der Waals surface area contributed by atoms with E-state index in [-0.39, 0.29) is 11.6 Å². The summed E-state index contributed by atoms with van der Waals surface area (Å²) in [6, 6.07) is 5.42. The summed E-state index contributed by atoms with van der Waals surface area (Å²) in [5.41, 5.74) is 1.07. The van der Waals surface area contributed by atoms with Crippen LogP contribution >= 0.6 is 0 Å². The quantitative estimate of drug-likeness (QED) is 0.694. The minimum Gasteiger partial charge on any atom is -0.497 e. The first-order valence-corrected chi connectivity index (χ1v) is 5.85. The minimum absolute atomic E-state index is 0.0115. The summed E-state index contributed by atoms with van der Waals surface area (Å²) < 4.78 is 5.18. The van der Waals surface area contributed by atoms with Crippen LogP contribution in [0.25, 0.3) is 0 Å². The van der Waals surface area contributed by atoms with Gasteiger partial charge in [-0.1, -0.05) is 0 Å². The van der Waals surface area contributed by atoms with Gasteiger partial charge in [0, 0.05) is 5.56 Å². The maximum Gasteiger partial charge on any atom is 0.173 e. The number of carbonyl (C=O) groups excluding carboxylic acids is 2. The zero-order valence-corrected chi connectivity index (χ0v) is 9.95. The molecule has 2 bridgehead atoms. The second-order valence-corrected chi connectivity index (χ2v) is 5.06. The molecule has 0 radical (unpaired) electrons. The van der Waals surface area contributed by atoms with Gasteiger partial charge in [0.2, 0.25) is 0 Å². The van der Waals surface area contributed by atoms with E-state index in [4.69, 9.17) is 4.74 Å². The zero-order valence-electron chi connectivity index (χ0n) is 9.95. The van der Waals surface area contributed by atoms with E-state index in [9.17, 15) is 9.59 Å². The average molecular weight is 230 g/mol. The molecular weight excluding hydrogens is 216 g/mol. The molecule has 3 heteroatoms. The molecule has 2 aliphatic rings. The molecule has 3 nitrogen and oxygen atoms in total. The topological polar surface area (TPSA) is 43.4 Å². The molecule has 1 fully saturated rings. The first-order chi connectivity index (χ1) is 8.08. The fourth-order valence-electron chi connectivity index (χ4n) is 3.10. The van der Waals surface area contributed by atoms with Crippen molar-refractivity contribution in [2.45, 2.75) is 25.2 Å². The average Bonchev–Trinajstić information content (AvgIpc) is 2.59. The highest BCUT2D eigenvalue weighted by atomic mass is 16.5. The molecule has 0 aliphatic heterocycles. The number of fused-ring (bicyclic) bond motifs is 4. The summed E-state index contributed by atoms with van der Waals surface area (Å²) in [6.07, 6.45) is 1.45. The summed E-state index contributed by atoms with van der Waals surface area (Å²) in [5.74, 6) is 0.378. The Bertz CT molecular complexity index is 532. The number of hydrogen-bond donors (Lipinski definition) is 0. The van der Waals surface area contributed by atoms with E-state index in [2.05, 4.69) is 0 Å². The van der Waals surface area contributed by atoms with E-state index in [0.29, 0.717) is 17.7 Å². The molecule has 2 aliphatic carbocycles. The molecule has 3 rings (SSSR count). The Morgan fingerprint density at radius 1 is 1.35 bits per heavy atom. The first-order valence-electron chi connectivity index (χ1n) is 5.85. The Morgan fingerprint density at radius 2 is 2.12 bits per heavy atom. The molecule has 0 heterocycles. The highest BCUT2D eigenvalue weighted by Gasteiger charge is 2.53. The van der Waals surface area contributed by atoms with Crippen LogP contribution in [0.4, 0.5) is 0 Å². The Balaban J connectivity index is 2.27. The van der Waals surface area contributed by atoms with Crippen LogP contribution < -0.4 is 4.74 Å². The van der Waals surface area contributed by atoms with Crippen molar-refractivity contribution in [3.05, 3.63) is 29.3 Å². The number of ketones is 2. The Labute approximate surface area is 99.8 Å². The molecule has 0 N–H and O–H groups in total. The van der Waals surface area contributed by atoms with Crippen molar-refractivity contribution in [3.63, 3.8) is 0 Å². The van der Waals surface area contributed by atoms with E-state index < -0.39 is 11.3 Å². The summed E-state index contributed by atoms with van der Waals surface area (Å²) in [5, 5.41) is 0. The molecule has 0 saturated heterocycles. The lowest BCUT2D eigenvalue weighted by molar-refractivity contribution is -0.124. The van der Waals surface area contributed by atoms with Gasteiger partial charge in [0.05, 0.1) is 18.4 Å². The predicted octanol–water partition coefficient (Wildman–Crippen LogP) is 2.13. The highest BCUT2D eigenvalue weighted by molar-refractivity contribution is 6.19. The van der Waals surface area contributed by atoms with Gasteiger partial charge in [0.25, 0.3) is 0 Å². The highest BCUT2D eigenvalue weighted by Crippen LogP contribution is 2.48. The van der Waals surface area contributed by atoms with Crippen LogP contribution in [0.1, 0.15) is 35.7 Å². The van der Waals surface area contributed by atoms with Gasteiger partial charge in [-0.2, -0.15) is 0 Å². The third kappa shape index (κ3) is 1.17. The molecule has 0 amide bonds. The number of carbonyl (C=O) groups is 2. The minimum atomic E-state index is -0.484. The molecule has 88 valence electrons. The second kappa shape index (κ2) is 3.19. The lowest BCUT2D eigenvalue weighted by Crippen LogP contribution is -2.39. The van der Waals surface area contributed by atoms with Crippen LogP contribution in [0, 0.1) is 5.92 Å². The van der Waals surface area contributed by atoms with Crippen LogP contribution in [-0.2, 0) is 10.2 Å². The predicted molar refractivity (Wildman–Crippen MR) is 62.4 cm³/mol. The Kier molecular flexibility index (Phi) is 1.97. The number of methoxy groups -OCH3 is 1. The van der Waals surface area contributed by atoms with Crippen molar-refractivity contribution >= 4 is 11.6 Å². The van der Waals surface area contributed by atoms with Crippen molar-refractivity contribution in [1.29, 1.82) is 0 Å². The summed E-state index contributed by atoms with van der Waals surface area (Å²) >= 11 is 0. The van der Waals surface area contributed by atoms with E-state index >= 15 is 0 Å². The van der Waals surface area contributed by atoms with Gasteiger partial charge in [-0.15, -0.1) is 0 Å². The molecule has 2 atom stereocenters. The third-order valence-corrected chi connectivity index (χ3v) is 4.20. The van der Waals surface area contributed by atoms with Crippen LogP contribution in [0.2, 0.25) is 0 Å². The van der Waals surface area contributed by atoms with E-state index in [1.54, 1.807) is 19.2 Å². The Hall–Kier alpha value is -1.64. The van der Waals surface area contributed by atoms with Gasteiger partial charge in [-0.25, -0.2) is 0 Å². The first kappa shape index (κ1) is 10.5. The van der Waals surface area contributed by atoms with Crippen LogP contribution in [0.15, 0.2) is 18.2 Å². The summed E-state index contributed by atoms with van der Waals surface area (Å²) in [6.45, 7) is 1.94. The smallest absolute Gasteiger partial charge is 0.173 e. The molecule has 17 heavy (non-hydrogen) atoms. The van der Waals surface area contributed by atoms with Crippen LogP contribution in [0.3, 0.4) is 0 Å². The standard InChI is InChI=1S/C14H14O3/c1-14-6-5-10(13(14)16)12(15)9-4-3-8(17-2)7-11(9)14/h3-4,7,10H,5-6H2,1-2H3/t10-,14+/m1/s1. The lowest BCUT2D eigenvalue weighted by Gasteiger charge is -2.30. The fraction of sp³-hybridized carbons (Fsp3) is 0.429. The number of rotatable bonds is 1. The third-order valence-electron chi connectivity index (χ3n) is 4.20. The lowest BCUT2D eigenvalue weighted by atomic mass is 9.71. The van der Waals surface area contributed by atoms with Gasteiger partial charge in [0.15, 0.2) is 11.6 Å². The van der Waals surface area contributed by atoms with Crippen LogP contribution in [0.5, 0.6) is 5.75 Å². The van der Waals surface area contributed by atoms with E-state index in [1.807, 2.05) is 13.0 Å². The van der Waals surface area contributed by atoms with Gasteiger partial charge in [0.1, 0.15) is 5.75 Å². The fourth-order valence-corrected chi connectivity index (χ4v) is 3.10. The van der Waals surface area contributed by atoms with Crippen LogP contribution in [-0.4, -0.2) is 18.7 Å². The number of benzene rings is 1. The van der Waals surface area contributed by atoms with E-state index in [0.717, 1.165) is 12.0 Å². The molecule has 1 aromatic carbocycles. The van der Waals surface area contributed by atoms with Crippen molar-refractivity contribution < 1.29 is 14.3 Å². The number of Topliss-reactive ketones (excluding diaryl/α,β-unsaturated/α-hetero) is 2. The molecular formula is C14H14O3. The monoisotopic (exact) mass is 230 g/mol. The molecule has 1 aromatic rings. The molecule has 0 spiro atoms. The molecule has 1 saturated carbocycles. The SMILES string of the molecule is COc1ccc2c(c1)[C@]1(C)CC[C@H](C2=O)C1=O. The van der Waals surface area contributed by atoms with Crippen molar-refractivity contribution in [1.82, 2.24) is 0 Å². The van der Waals surface area contributed by atoms with E-state index in [1.165, 1.54) is 0 Å². The maximum absolute atomic E-state index is 12.2. The summed E-state index contributed by atoms with van der Waals surface area (Å²) in [7, 11) is 1.59. The van der Waals surface area contributed by atoms with Crippen molar-refractivity contribution in [2.75, 3.05) is 7.11 Å². The molecule has 0 unspecified atom stereocenters. The normalized spacial score (nSPS) is 30.4. The van der Waals surface area contributed by atoms with Gasteiger partial charge < -0.3 is 4.74 Å². The summed E-state index contributed by atoms with van der Waals surface area (Å²) in [4.78, 5) is 24.4. The largest absolute Gasteiger partial charge is 0.497 e. The second-order valence-electron chi connectivity index (χ2n) is 5.06. The van der Waals surface area contributed by atoms with Gasteiger partial charge >= 0.3 is 0 Å². The maximum atomic E-state index is 12.2. The Morgan fingerprint density at radius 3 is 2.82 bits per heavy atom. The number of hydrogen-bond acceptors (Lipinski definition) is 3. The number of ether oxygens (including phenoxy) is 1. The molecule has 0 aromatic heterocycles. The van der Waals surface area contributed by atoms with Crippen molar-refractivity contribution in [2.24, 2.45) is 5.92 Å². The van der Waals surface area contributed by atoms with Gasteiger partial charge in [-0.3, -0.25) is 9.59 Å². The zero-order chi connectivity index (χ0) is 12.2.